The Labute approximate surface area is 147 Å². The number of amidine groups is 1. The molecule has 2 heterocycles. The molecule has 0 atom stereocenters. The predicted molar refractivity (Wildman–Crippen MR) is 97.7 cm³/mol. The molecule has 2 amide bonds. The van der Waals surface area contributed by atoms with Crippen LogP contribution in [0.5, 0.6) is 5.75 Å². The van der Waals surface area contributed by atoms with Crippen LogP contribution in [-0.4, -0.2) is 29.1 Å². The number of anilines is 1. The highest BCUT2D eigenvalue weighted by molar-refractivity contribution is 8.18. The summed E-state index contributed by atoms with van der Waals surface area (Å²) < 4.78 is 0. The van der Waals surface area contributed by atoms with Crippen LogP contribution in [0.4, 0.5) is 11.4 Å². The van der Waals surface area contributed by atoms with Gasteiger partial charge in [0, 0.05) is 18.7 Å². The van der Waals surface area contributed by atoms with Crippen molar-refractivity contribution in [1.29, 1.82) is 0 Å². The van der Waals surface area contributed by atoms with E-state index in [4.69, 9.17) is 0 Å². The summed E-state index contributed by atoms with van der Waals surface area (Å²) >= 11 is 1.13. The van der Waals surface area contributed by atoms with Crippen molar-refractivity contribution in [2.75, 3.05) is 11.9 Å². The van der Waals surface area contributed by atoms with Crippen LogP contribution in [0.1, 0.15) is 5.56 Å². The molecular formula is C18H13N3O3S. The van der Waals surface area contributed by atoms with Crippen molar-refractivity contribution >= 4 is 45.7 Å². The van der Waals surface area contributed by atoms with E-state index in [2.05, 4.69) is 10.3 Å². The lowest BCUT2D eigenvalue weighted by Gasteiger charge is -2.08. The maximum absolute atomic E-state index is 12.6. The second kappa shape index (κ2) is 5.78. The first-order valence-corrected chi connectivity index (χ1v) is 8.35. The minimum atomic E-state index is -0.350. The third kappa shape index (κ3) is 2.58. The molecule has 1 saturated heterocycles. The lowest BCUT2D eigenvalue weighted by Crippen LogP contribution is -2.23. The molecule has 2 aliphatic heterocycles. The van der Waals surface area contributed by atoms with Gasteiger partial charge < -0.3 is 15.3 Å². The van der Waals surface area contributed by atoms with E-state index in [1.165, 1.54) is 11.0 Å². The van der Waals surface area contributed by atoms with Gasteiger partial charge in [-0.15, -0.1) is 0 Å². The van der Waals surface area contributed by atoms with E-state index in [1.54, 1.807) is 25.2 Å². The number of hydrogen-bond donors (Lipinski definition) is 2. The summed E-state index contributed by atoms with van der Waals surface area (Å²) in [7, 11) is 1.69. The first-order chi connectivity index (χ1) is 12.0. The van der Waals surface area contributed by atoms with E-state index < -0.39 is 0 Å². The average Bonchev–Trinajstić information content (AvgIpc) is 3.06. The fraction of sp³-hybridized carbons (Fsp3) is 0.0556. The van der Waals surface area contributed by atoms with Crippen molar-refractivity contribution in [2.45, 2.75) is 0 Å². The molecule has 0 spiro atoms. The second-order valence-corrected chi connectivity index (χ2v) is 6.58. The number of hydrogen-bond acceptors (Lipinski definition) is 5. The molecule has 0 aliphatic carbocycles. The number of likely N-dealkylation sites (N-methyl/N-ethyl adjacent to an activating group) is 1. The number of amides is 2. The highest BCUT2D eigenvalue weighted by Gasteiger charge is 2.37. The topological polar surface area (TPSA) is 82.0 Å². The summed E-state index contributed by atoms with van der Waals surface area (Å²) in [6.07, 6.45) is 0. The standard InChI is InChI=1S/C18H13N3O3S/c1-21-13-8-3-2-7-12(13)14(17(21)24)15-16(23)20-18(25-15)19-10-5-4-6-11(22)9-10/h2-9,22H,1H3,(H,19,20,23)/b15-14-. The zero-order valence-corrected chi connectivity index (χ0v) is 14.0. The van der Waals surface area contributed by atoms with E-state index in [0.29, 0.717) is 21.3 Å². The highest BCUT2D eigenvalue weighted by Crippen LogP contribution is 2.42. The van der Waals surface area contributed by atoms with Crippen LogP contribution in [0.3, 0.4) is 0 Å². The van der Waals surface area contributed by atoms with Crippen molar-refractivity contribution in [1.82, 2.24) is 5.32 Å². The maximum Gasteiger partial charge on any atom is 0.264 e. The molecule has 6 nitrogen and oxygen atoms in total. The van der Waals surface area contributed by atoms with Gasteiger partial charge in [-0.25, -0.2) is 4.99 Å². The largest absolute Gasteiger partial charge is 0.508 e. The van der Waals surface area contributed by atoms with Crippen LogP contribution in [-0.2, 0) is 9.59 Å². The zero-order valence-electron chi connectivity index (χ0n) is 13.2. The third-order valence-corrected chi connectivity index (χ3v) is 4.95. The van der Waals surface area contributed by atoms with E-state index in [0.717, 1.165) is 23.0 Å². The summed E-state index contributed by atoms with van der Waals surface area (Å²) in [5, 5.41) is 12.6. The van der Waals surface area contributed by atoms with Crippen molar-refractivity contribution in [3.63, 3.8) is 0 Å². The number of thioether (sulfide) groups is 1. The number of phenolic OH excluding ortho intramolecular Hbond substituents is 1. The van der Waals surface area contributed by atoms with Gasteiger partial charge in [0.15, 0.2) is 5.17 Å². The van der Waals surface area contributed by atoms with Gasteiger partial charge in [0.25, 0.3) is 11.8 Å². The SMILES string of the molecule is CN1C(=O)/C(=C2\SC(=Nc3cccc(O)c3)NC2=O)c2ccccc21. The first kappa shape index (κ1) is 15.5. The van der Waals surface area contributed by atoms with Gasteiger partial charge in [-0.05, 0) is 30.0 Å². The highest BCUT2D eigenvalue weighted by atomic mass is 32.2. The van der Waals surface area contributed by atoms with E-state index in [-0.39, 0.29) is 17.6 Å². The monoisotopic (exact) mass is 351 g/mol. The molecule has 7 heteroatoms. The minimum absolute atomic E-state index is 0.0938. The zero-order chi connectivity index (χ0) is 17.6. The smallest absolute Gasteiger partial charge is 0.264 e. The van der Waals surface area contributed by atoms with Crippen molar-refractivity contribution < 1.29 is 14.7 Å². The Morgan fingerprint density at radius 1 is 1.12 bits per heavy atom. The van der Waals surface area contributed by atoms with Gasteiger partial charge in [0.1, 0.15) is 5.75 Å². The molecule has 2 aromatic rings. The number of nitrogens with zero attached hydrogens (tertiary/aromatic N) is 2. The fourth-order valence-corrected chi connectivity index (χ4v) is 3.74. The molecule has 124 valence electrons. The second-order valence-electron chi connectivity index (χ2n) is 5.58. The molecule has 2 aromatic carbocycles. The molecule has 1 fully saturated rings. The number of rotatable bonds is 1. The fourth-order valence-electron chi connectivity index (χ4n) is 2.81. The minimum Gasteiger partial charge on any atom is -0.508 e. The van der Waals surface area contributed by atoms with E-state index >= 15 is 0 Å². The van der Waals surface area contributed by atoms with E-state index in [9.17, 15) is 14.7 Å². The molecule has 0 radical (unpaired) electrons. The van der Waals surface area contributed by atoms with Crippen LogP contribution in [0.15, 0.2) is 58.4 Å². The molecule has 2 N–H and O–H groups in total. The van der Waals surface area contributed by atoms with Crippen LogP contribution in [0.25, 0.3) is 5.57 Å². The number of fused-ring (bicyclic) bond motifs is 1. The Morgan fingerprint density at radius 3 is 2.72 bits per heavy atom. The molecular weight excluding hydrogens is 338 g/mol. The predicted octanol–water partition coefficient (Wildman–Crippen LogP) is 2.63. The maximum atomic E-state index is 12.6. The number of carbonyl (C=O) groups excluding carboxylic acids is 2. The summed E-state index contributed by atoms with van der Waals surface area (Å²) in [6, 6.07) is 13.8. The van der Waals surface area contributed by atoms with Crippen LogP contribution < -0.4 is 10.2 Å². The number of benzene rings is 2. The number of para-hydroxylation sites is 1. The van der Waals surface area contributed by atoms with Crippen LogP contribution >= 0.6 is 11.8 Å². The number of aromatic hydroxyl groups is 1. The summed E-state index contributed by atoms with van der Waals surface area (Å²) in [5.74, 6) is -0.467. The third-order valence-electron chi connectivity index (χ3n) is 3.97. The van der Waals surface area contributed by atoms with E-state index in [1.807, 2.05) is 24.3 Å². The van der Waals surface area contributed by atoms with Crippen LogP contribution in [0.2, 0.25) is 0 Å². The molecule has 25 heavy (non-hydrogen) atoms. The lowest BCUT2D eigenvalue weighted by atomic mass is 10.1. The quantitative estimate of drug-likeness (QED) is 0.774. The number of phenols is 1. The average molecular weight is 351 g/mol. The summed E-state index contributed by atoms with van der Waals surface area (Å²) in [6.45, 7) is 0. The van der Waals surface area contributed by atoms with Gasteiger partial charge in [0.05, 0.1) is 21.9 Å². The summed E-state index contributed by atoms with van der Waals surface area (Å²) in [5.41, 5.74) is 2.43. The number of aliphatic imine (C=N–C) groups is 1. The Bertz CT molecular complexity index is 981. The molecule has 4 rings (SSSR count). The Balaban J connectivity index is 1.76. The molecule has 2 aliphatic rings. The lowest BCUT2D eigenvalue weighted by molar-refractivity contribution is -0.116. The first-order valence-electron chi connectivity index (χ1n) is 7.53. The molecule has 0 saturated carbocycles. The number of carbonyl (C=O) groups is 2. The van der Waals surface area contributed by atoms with Crippen molar-refractivity contribution in [3.05, 3.63) is 59.0 Å². The molecule has 0 unspecified atom stereocenters. The van der Waals surface area contributed by atoms with Crippen molar-refractivity contribution in [3.8, 4) is 5.75 Å². The van der Waals surface area contributed by atoms with Gasteiger partial charge >= 0.3 is 0 Å². The molecule has 0 bridgehead atoms. The number of nitrogens with one attached hydrogen (secondary N) is 1. The van der Waals surface area contributed by atoms with Crippen molar-refractivity contribution in [2.24, 2.45) is 4.99 Å². The Morgan fingerprint density at radius 2 is 1.92 bits per heavy atom. The molecule has 0 aromatic heterocycles. The Kier molecular flexibility index (Phi) is 3.58. The Hall–Kier alpha value is -3.06. The van der Waals surface area contributed by atoms with Gasteiger partial charge in [-0.2, -0.15) is 0 Å². The van der Waals surface area contributed by atoms with Gasteiger partial charge in [-0.1, -0.05) is 24.3 Å². The summed E-state index contributed by atoms with van der Waals surface area (Å²) in [4.78, 5) is 31.2. The van der Waals surface area contributed by atoms with Gasteiger partial charge in [0.2, 0.25) is 0 Å². The van der Waals surface area contributed by atoms with Gasteiger partial charge in [-0.3, -0.25) is 9.59 Å². The normalized spacial score (nSPS) is 21.0. The van der Waals surface area contributed by atoms with Crippen LogP contribution in [0, 0.1) is 0 Å².